The highest BCUT2D eigenvalue weighted by atomic mass is 19.2. The quantitative estimate of drug-likeness (QED) is 0.547. The van der Waals surface area contributed by atoms with Gasteiger partial charge in [-0.1, -0.05) is 6.07 Å². The van der Waals surface area contributed by atoms with Gasteiger partial charge in [-0.15, -0.1) is 0 Å². The Kier molecular flexibility index (Phi) is 6.98. The van der Waals surface area contributed by atoms with Crippen LogP contribution in [0.4, 0.5) is 24.8 Å². The molecule has 1 aromatic heterocycles. The van der Waals surface area contributed by atoms with Crippen molar-refractivity contribution >= 4 is 11.6 Å². The number of benzene rings is 2. The average Bonchev–Trinajstić information content (AvgIpc) is 2.72. The summed E-state index contributed by atoms with van der Waals surface area (Å²) in [4.78, 5) is 28.9. The lowest BCUT2D eigenvalue weighted by atomic mass is 10.2. The van der Waals surface area contributed by atoms with Crippen LogP contribution in [0.25, 0.3) is 0 Å². The number of nitrogens with one attached hydrogen (secondary N) is 1. The maximum Gasteiger partial charge on any atom is 0.355 e. The Morgan fingerprint density at radius 3 is 2.41 bits per heavy atom. The minimum atomic E-state index is -1.11. The van der Waals surface area contributed by atoms with E-state index in [0.29, 0.717) is 4.57 Å². The molecule has 8 nitrogen and oxygen atoms in total. The van der Waals surface area contributed by atoms with Gasteiger partial charge in [-0.25, -0.2) is 27.3 Å². The van der Waals surface area contributed by atoms with Gasteiger partial charge in [0.05, 0.1) is 25.8 Å². The van der Waals surface area contributed by atoms with E-state index in [1.807, 2.05) is 0 Å². The molecule has 0 aliphatic heterocycles. The first-order valence-corrected chi connectivity index (χ1v) is 9.69. The van der Waals surface area contributed by atoms with Crippen molar-refractivity contribution in [3.05, 3.63) is 80.4 Å². The molecule has 0 bridgehead atoms. The first kappa shape index (κ1) is 23.1. The van der Waals surface area contributed by atoms with Gasteiger partial charge < -0.3 is 15.2 Å². The fourth-order valence-corrected chi connectivity index (χ4v) is 2.94. The lowest BCUT2D eigenvalue weighted by Gasteiger charge is -2.16. The summed E-state index contributed by atoms with van der Waals surface area (Å²) in [5.41, 5.74) is -1.39. The number of aromatic nitrogens is 3. The molecule has 0 fully saturated rings. The predicted molar refractivity (Wildman–Crippen MR) is 111 cm³/mol. The molecule has 0 aliphatic rings. The summed E-state index contributed by atoms with van der Waals surface area (Å²) in [6.45, 7) is 2.42. The topological polar surface area (TPSA) is 98.4 Å². The van der Waals surface area contributed by atoms with Gasteiger partial charge in [0.25, 0.3) is 0 Å². The van der Waals surface area contributed by atoms with Gasteiger partial charge in [0, 0.05) is 11.8 Å². The van der Waals surface area contributed by atoms with E-state index >= 15 is 0 Å². The number of hydrogen-bond acceptors (Lipinski definition) is 6. The maximum absolute atomic E-state index is 14.3. The molecule has 0 saturated heterocycles. The van der Waals surface area contributed by atoms with Gasteiger partial charge >= 0.3 is 11.4 Å². The van der Waals surface area contributed by atoms with Crippen LogP contribution in [0.2, 0.25) is 0 Å². The van der Waals surface area contributed by atoms with Gasteiger partial charge in [0.2, 0.25) is 5.95 Å². The molecule has 1 heterocycles. The molecular formula is C21H21F3N4O4. The monoisotopic (exact) mass is 450 g/mol. The Hall–Kier alpha value is -3.60. The van der Waals surface area contributed by atoms with Crippen LogP contribution in [0.5, 0.6) is 5.75 Å². The summed E-state index contributed by atoms with van der Waals surface area (Å²) in [7, 11) is 0. The van der Waals surface area contributed by atoms with Gasteiger partial charge in [-0.3, -0.25) is 4.57 Å². The minimum Gasteiger partial charge on any atom is -0.488 e. The van der Waals surface area contributed by atoms with Gasteiger partial charge in [0.15, 0.2) is 23.2 Å². The zero-order valence-electron chi connectivity index (χ0n) is 17.3. The largest absolute Gasteiger partial charge is 0.488 e. The molecule has 0 radical (unpaired) electrons. The highest BCUT2D eigenvalue weighted by molar-refractivity contribution is 5.55. The van der Waals surface area contributed by atoms with Crippen LogP contribution in [-0.4, -0.2) is 31.9 Å². The molecular weight excluding hydrogens is 429 g/mol. The Labute approximate surface area is 180 Å². The van der Waals surface area contributed by atoms with E-state index < -0.39 is 35.4 Å². The van der Waals surface area contributed by atoms with E-state index in [0.717, 1.165) is 22.8 Å². The van der Waals surface area contributed by atoms with E-state index in [2.05, 4.69) is 10.3 Å². The number of rotatable bonds is 8. The smallest absolute Gasteiger partial charge is 0.355 e. The second-order valence-electron chi connectivity index (χ2n) is 7.15. The Morgan fingerprint density at radius 1 is 1.03 bits per heavy atom. The lowest BCUT2D eigenvalue weighted by Crippen LogP contribution is -2.43. The van der Waals surface area contributed by atoms with E-state index in [4.69, 9.17) is 9.84 Å². The highest BCUT2D eigenvalue weighted by Crippen LogP contribution is 2.24. The van der Waals surface area contributed by atoms with Crippen molar-refractivity contribution in [1.29, 1.82) is 0 Å². The molecule has 3 rings (SSSR count). The van der Waals surface area contributed by atoms with Crippen molar-refractivity contribution < 1.29 is 23.0 Å². The van der Waals surface area contributed by atoms with Gasteiger partial charge in [0.1, 0.15) is 0 Å². The second kappa shape index (κ2) is 9.69. The number of ether oxygens (including phenoxy) is 1. The van der Waals surface area contributed by atoms with Crippen LogP contribution in [0.1, 0.15) is 19.4 Å². The van der Waals surface area contributed by atoms with Crippen molar-refractivity contribution in [3.8, 4) is 5.75 Å². The van der Waals surface area contributed by atoms with Crippen LogP contribution in [0.3, 0.4) is 0 Å². The molecule has 3 aromatic rings. The Bertz CT molecular complexity index is 1240. The van der Waals surface area contributed by atoms with Crippen molar-refractivity contribution in [1.82, 2.24) is 14.1 Å². The SMILES string of the molecule is CC(C)Oc1ccc(Nc2nc(=O)n(CCO)c(=O)n2Cc2ccc(F)c(F)c2)cc1F. The van der Waals surface area contributed by atoms with Crippen LogP contribution in [0, 0.1) is 17.5 Å². The number of hydrogen-bond donors (Lipinski definition) is 2. The van der Waals surface area contributed by atoms with E-state index in [1.165, 1.54) is 18.2 Å². The molecule has 0 aliphatic carbocycles. The molecule has 2 N–H and O–H groups in total. The Morgan fingerprint density at radius 2 is 1.78 bits per heavy atom. The van der Waals surface area contributed by atoms with Gasteiger partial charge in [-0.2, -0.15) is 4.98 Å². The number of halogens is 3. The normalized spacial score (nSPS) is 11.1. The molecule has 0 spiro atoms. The first-order valence-electron chi connectivity index (χ1n) is 9.69. The summed E-state index contributed by atoms with van der Waals surface area (Å²) in [6, 6.07) is 7.03. The molecule has 32 heavy (non-hydrogen) atoms. The van der Waals surface area contributed by atoms with E-state index in [9.17, 15) is 22.8 Å². The molecule has 0 atom stereocenters. The summed E-state index contributed by atoms with van der Waals surface area (Å²) in [6.07, 6.45) is -0.245. The molecule has 0 saturated carbocycles. The zero-order chi connectivity index (χ0) is 23.4. The average molecular weight is 450 g/mol. The Balaban J connectivity index is 2.04. The summed E-state index contributed by atoms with van der Waals surface area (Å²) in [5.74, 6) is -3.05. The first-order chi connectivity index (χ1) is 15.2. The molecule has 2 aromatic carbocycles. The van der Waals surface area contributed by atoms with Gasteiger partial charge in [-0.05, 0) is 43.7 Å². The summed E-state index contributed by atoms with van der Waals surface area (Å²) in [5, 5.41) is 11.8. The molecule has 11 heteroatoms. The number of nitrogens with zero attached hydrogens (tertiary/aromatic N) is 3. The predicted octanol–water partition coefficient (Wildman–Crippen LogP) is 2.39. The van der Waals surface area contributed by atoms with Crippen molar-refractivity contribution in [3.63, 3.8) is 0 Å². The summed E-state index contributed by atoms with van der Waals surface area (Å²) >= 11 is 0. The van der Waals surface area contributed by atoms with E-state index in [-0.39, 0.29) is 42.1 Å². The highest BCUT2D eigenvalue weighted by Gasteiger charge is 2.16. The standard InChI is InChI=1S/C21H21F3N4O4/c1-12(2)32-18-6-4-14(10-17(18)24)25-19-26-20(30)27(7-8-29)21(31)28(19)11-13-3-5-15(22)16(23)9-13/h3-6,9-10,12,29H,7-8,11H2,1-2H3,(H,25,26,30). The number of aliphatic hydroxyl groups excluding tert-OH is 1. The van der Waals surface area contributed by atoms with Crippen molar-refractivity contribution in [2.45, 2.75) is 33.0 Å². The van der Waals surface area contributed by atoms with E-state index in [1.54, 1.807) is 13.8 Å². The third-order valence-corrected chi connectivity index (χ3v) is 4.35. The van der Waals surface area contributed by atoms with Crippen LogP contribution in [-0.2, 0) is 13.1 Å². The number of anilines is 2. The van der Waals surface area contributed by atoms with Crippen LogP contribution in [0.15, 0.2) is 46.0 Å². The second-order valence-corrected chi connectivity index (χ2v) is 7.15. The third-order valence-electron chi connectivity index (χ3n) is 4.35. The molecule has 170 valence electrons. The third kappa shape index (κ3) is 5.17. The zero-order valence-corrected chi connectivity index (χ0v) is 17.3. The molecule has 0 amide bonds. The maximum atomic E-state index is 14.3. The number of aliphatic hydroxyl groups is 1. The fraction of sp³-hybridized carbons (Fsp3) is 0.286. The lowest BCUT2D eigenvalue weighted by molar-refractivity contribution is 0.231. The molecule has 0 unspecified atom stereocenters. The fourth-order valence-electron chi connectivity index (χ4n) is 2.94. The summed E-state index contributed by atoms with van der Waals surface area (Å²) < 4.78 is 48.3. The van der Waals surface area contributed by atoms with Crippen LogP contribution >= 0.6 is 0 Å². The van der Waals surface area contributed by atoms with Crippen molar-refractivity contribution in [2.75, 3.05) is 11.9 Å². The van der Waals surface area contributed by atoms with Crippen molar-refractivity contribution in [2.24, 2.45) is 0 Å². The van der Waals surface area contributed by atoms with Crippen LogP contribution < -0.4 is 21.4 Å². The minimum absolute atomic E-state index is 0.0241.